The van der Waals surface area contributed by atoms with Crippen LogP contribution in [0.2, 0.25) is 0 Å². The van der Waals surface area contributed by atoms with E-state index in [1.54, 1.807) is 20.8 Å². The summed E-state index contributed by atoms with van der Waals surface area (Å²) in [7, 11) is -4.32. The Balaban J connectivity index is 4.40. The molecule has 1 N–H and O–H groups in total. The molecule has 19 heavy (non-hydrogen) atoms. The van der Waals surface area contributed by atoms with Crippen molar-refractivity contribution in [1.82, 2.24) is 5.32 Å². The molecule has 0 heterocycles. The fourth-order valence-electron chi connectivity index (χ4n) is 1.24. The molecule has 0 fully saturated rings. The third-order valence-electron chi connectivity index (χ3n) is 1.65. The first-order valence-corrected chi connectivity index (χ1v) is 7.29. The van der Waals surface area contributed by atoms with E-state index in [9.17, 15) is 26.4 Å². The maximum atomic E-state index is 12.0. The van der Waals surface area contributed by atoms with E-state index in [1.807, 2.05) is 0 Å². The molecule has 0 rings (SSSR count). The maximum absolute atomic E-state index is 12.0. The second-order valence-electron chi connectivity index (χ2n) is 5.22. The van der Waals surface area contributed by atoms with Crippen molar-refractivity contribution in [3.8, 4) is 0 Å². The maximum Gasteiger partial charge on any atom is 0.407 e. The lowest BCUT2D eigenvalue weighted by Crippen LogP contribution is -2.42. The number of alkyl halides is 3. The Kier molecular flexibility index (Phi) is 5.66. The van der Waals surface area contributed by atoms with Crippen molar-refractivity contribution in [2.45, 2.75) is 45.5 Å². The Labute approximate surface area is 110 Å². The largest absolute Gasteiger partial charge is 0.444 e. The van der Waals surface area contributed by atoms with Crippen LogP contribution in [0.25, 0.3) is 0 Å². The molecule has 1 atom stereocenters. The summed E-state index contributed by atoms with van der Waals surface area (Å²) in [6, 6.07) is -0.970. The zero-order chi connectivity index (χ0) is 15.5. The van der Waals surface area contributed by atoms with E-state index in [-0.39, 0.29) is 0 Å². The molecule has 0 spiro atoms. The summed E-state index contributed by atoms with van der Waals surface area (Å²) >= 11 is 0. The van der Waals surface area contributed by atoms with Gasteiger partial charge in [0.05, 0.1) is 5.75 Å². The van der Waals surface area contributed by atoms with Crippen molar-refractivity contribution < 1.29 is 31.1 Å². The number of ether oxygens (including phenoxy) is 1. The van der Waals surface area contributed by atoms with E-state index in [1.165, 1.54) is 6.92 Å². The van der Waals surface area contributed by atoms with Crippen LogP contribution in [0.5, 0.6) is 0 Å². The number of alkyl carbamates (subject to hydrolysis) is 1. The Morgan fingerprint density at radius 2 is 1.74 bits per heavy atom. The van der Waals surface area contributed by atoms with Gasteiger partial charge in [-0.05, 0) is 27.7 Å². The molecule has 0 saturated heterocycles. The normalized spacial score (nSPS) is 14.9. The molecule has 0 radical (unpaired) electrons. The van der Waals surface area contributed by atoms with Gasteiger partial charge in [-0.3, -0.25) is 0 Å². The van der Waals surface area contributed by atoms with Gasteiger partial charge in [-0.2, -0.15) is 13.2 Å². The molecule has 5 nitrogen and oxygen atoms in total. The van der Waals surface area contributed by atoms with Crippen molar-refractivity contribution in [2.75, 3.05) is 11.5 Å². The fourth-order valence-corrected chi connectivity index (χ4v) is 2.70. The second kappa shape index (κ2) is 5.98. The molecule has 9 heteroatoms. The zero-order valence-corrected chi connectivity index (χ0v) is 12.0. The number of halogens is 3. The van der Waals surface area contributed by atoms with Crippen LogP contribution in [0.1, 0.15) is 27.7 Å². The highest BCUT2D eigenvalue weighted by Crippen LogP contribution is 2.18. The summed E-state index contributed by atoms with van der Waals surface area (Å²) in [5.41, 5.74) is -0.769. The van der Waals surface area contributed by atoms with Gasteiger partial charge < -0.3 is 10.1 Å². The minimum Gasteiger partial charge on any atom is -0.444 e. The van der Waals surface area contributed by atoms with Crippen LogP contribution < -0.4 is 5.32 Å². The lowest BCUT2D eigenvalue weighted by atomic mass is 10.2. The molecule has 0 aliphatic heterocycles. The Hall–Kier alpha value is -0.990. The molecule has 0 aromatic rings. The topological polar surface area (TPSA) is 72.5 Å². The molecule has 1 amide bonds. The van der Waals surface area contributed by atoms with Crippen LogP contribution in [0.15, 0.2) is 0 Å². The van der Waals surface area contributed by atoms with E-state index >= 15 is 0 Å². The molecular weight excluding hydrogens is 287 g/mol. The van der Waals surface area contributed by atoms with E-state index < -0.39 is 45.3 Å². The van der Waals surface area contributed by atoms with Gasteiger partial charge in [0.1, 0.15) is 11.4 Å². The van der Waals surface area contributed by atoms with E-state index in [0.29, 0.717) is 0 Å². The van der Waals surface area contributed by atoms with Gasteiger partial charge in [0.2, 0.25) is 0 Å². The fraction of sp³-hybridized carbons (Fsp3) is 0.900. The number of hydrogen-bond donors (Lipinski definition) is 1. The van der Waals surface area contributed by atoms with Gasteiger partial charge in [0.15, 0.2) is 9.84 Å². The summed E-state index contributed by atoms with van der Waals surface area (Å²) in [4.78, 5) is 11.3. The van der Waals surface area contributed by atoms with Crippen LogP contribution in [0, 0.1) is 0 Å². The highest BCUT2D eigenvalue weighted by atomic mass is 32.2. The predicted octanol–water partition coefficient (Wildman–Crippen LogP) is 1.88. The van der Waals surface area contributed by atoms with E-state index in [2.05, 4.69) is 5.32 Å². The molecule has 0 unspecified atom stereocenters. The standard InChI is InChI=1S/C10H18F3NO4S/c1-7(14-8(15)18-9(2,3)4)5-19(16,17)6-10(11,12)13/h7H,5-6H2,1-4H3,(H,14,15)/t7-/m1/s1. The van der Waals surface area contributed by atoms with Crippen molar-refractivity contribution in [3.63, 3.8) is 0 Å². The number of rotatable bonds is 4. The van der Waals surface area contributed by atoms with Crippen LogP contribution in [0.3, 0.4) is 0 Å². The Morgan fingerprint density at radius 1 is 1.26 bits per heavy atom. The lowest BCUT2D eigenvalue weighted by molar-refractivity contribution is -0.106. The van der Waals surface area contributed by atoms with Crippen molar-refractivity contribution >= 4 is 15.9 Å². The van der Waals surface area contributed by atoms with Crippen LogP contribution in [-0.2, 0) is 14.6 Å². The molecule has 0 aromatic carbocycles. The summed E-state index contributed by atoms with van der Waals surface area (Å²) in [5, 5.41) is 2.17. The molecule has 0 aliphatic carbocycles. The highest BCUT2D eigenvalue weighted by molar-refractivity contribution is 7.91. The third kappa shape index (κ3) is 10.6. The number of sulfone groups is 1. The van der Waals surface area contributed by atoms with Crippen LogP contribution >= 0.6 is 0 Å². The molecule has 0 aliphatic rings. The minimum absolute atomic E-state index is 0.769. The van der Waals surface area contributed by atoms with Gasteiger partial charge >= 0.3 is 12.3 Å². The van der Waals surface area contributed by atoms with Crippen molar-refractivity contribution in [1.29, 1.82) is 0 Å². The average Bonchev–Trinajstić information content (AvgIpc) is 1.89. The van der Waals surface area contributed by atoms with Gasteiger partial charge in [-0.15, -0.1) is 0 Å². The zero-order valence-electron chi connectivity index (χ0n) is 11.2. The molecule has 0 saturated carbocycles. The SMILES string of the molecule is C[C@H](CS(=O)(=O)CC(F)(F)F)NC(=O)OC(C)(C)C. The smallest absolute Gasteiger partial charge is 0.407 e. The van der Waals surface area contributed by atoms with Gasteiger partial charge in [-0.1, -0.05) is 0 Å². The van der Waals surface area contributed by atoms with Gasteiger partial charge in [0, 0.05) is 6.04 Å². The first-order valence-electron chi connectivity index (χ1n) is 5.47. The number of carbonyl (C=O) groups excluding carboxylic acids is 1. The summed E-state index contributed by atoms with van der Waals surface area (Å²) in [5.74, 6) is -2.70. The highest BCUT2D eigenvalue weighted by Gasteiger charge is 2.35. The number of carbonyl (C=O) groups is 1. The van der Waals surface area contributed by atoms with E-state index in [4.69, 9.17) is 4.74 Å². The first-order chi connectivity index (χ1) is 8.20. The van der Waals surface area contributed by atoms with Gasteiger partial charge in [-0.25, -0.2) is 13.2 Å². The molecule has 0 aromatic heterocycles. The van der Waals surface area contributed by atoms with Crippen LogP contribution in [-0.4, -0.2) is 43.8 Å². The molecule has 114 valence electrons. The van der Waals surface area contributed by atoms with Crippen LogP contribution in [0.4, 0.5) is 18.0 Å². The molecular formula is C10H18F3NO4S. The number of nitrogens with one attached hydrogen (secondary N) is 1. The van der Waals surface area contributed by atoms with Crippen molar-refractivity contribution in [3.05, 3.63) is 0 Å². The number of hydrogen-bond acceptors (Lipinski definition) is 4. The molecule has 0 bridgehead atoms. The number of amides is 1. The predicted molar refractivity (Wildman–Crippen MR) is 63.5 cm³/mol. The quantitative estimate of drug-likeness (QED) is 0.860. The summed E-state index contributed by atoms with van der Waals surface area (Å²) < 4.78 is 63.3. The third-order valence-corrected chi connectivity index (χ3v) is 3.43. The monoisotopic (exact) mass is 305 g/mol. The lowest BCUT2D eigenvalue weighted by Gasteiger charge is -2.22. The first kappa shape index (κ1) is 18.0. The summed E-state index contributed by atoms with van der Waals surface area (Å²) in [6.07, 6.45) is -5.66. The Morgan fingerprint density at radius 3 is 2.11 bits per heavy atom. The second-order valence-corrected chi connectivity index (χ2v) is 7.33. The Bertz CT molecular complexity index is 411. The van der Waals surface area contributed by atoms with Crippen molar-refractivity contribution in [2.24, 2.45) is 0 Å². The van der Waals surface area contributed by atoms with Gasteiger partial charge in [0.25, 0.3) is 0 Å². The van der Waals surface area contributed by atoms with E-state index in [0.717, 1.165) is 0 Å². The average molecular weight is 305 g/mol. The summed E-state index contributed by atoms with van der Waals surface area (Å²) in [6.45, 7) is 6.12. The minimum atomic E-state index is -4.79.